The van der Waals surface area contributed by atoms with Gasteiger partial charge in [-0.25, -0.2) is 26.8 Å². The van der Waals surface area contributed by atoms with Crippen LogP contribution >= 0.6 is 34.3 Å². The van der Waals surface area contributed by atoms with Gasteiger partial charge in [-0.1, -0.05) is 89.5 Å². The number of piperazine rings is 2. The minimum atomic E-state index is -3.50. The van der Waals surface area contributed by atoms with E-state index < -0.39 is 20.0 Å². The Labute approximate surface area is 386 Å². The second-order valence-electron chi connectivity index (χ2n) is 17.6. The Bertz CT molecular complexity index is 2680. The molecule has 0 bridgehead atoms. The predicted octanol–water partition coefficient (Wildman–Crippen LogP) is 9.90. The summed E-state index contributed by atoms with van der Waals surface area (Å²) in [5.41, 5.74) is 6.11. The summed E-state index contributed by atoms with van der Waals surface area (Å²) in [6.07, 6.45) is 0. The van der Waals surface area contributed by atoms with Crippen molar-refractivity contribution >= 4 is 64.6 Å². The normalized spacial score (nSPS) is 15.8. The predicted molar refractivity (Wildman–Crippen MR) is 259 cm³/mol. The third-order valence-corrected chi connectivity index (χ3v) is 17.1. The smallest absolute Gasteiger partial charge is 0.243 e. The molecule has 0 amide bonds. The lowest BCUT2D eigenvalue weighted by Crippen LogP contribution is -2.48. The van der Waals surface area contributed by atoms with Gasteiger partial charge in [0.25, 0.3) is 0 Å². The van der Waals surface area contributed by atoms with Gasteiger partial charge >= 0.3 is 0 Å². The molecule has 2 fully saturated rings. The van der Waals surface area contributed by atoms with E-state index >= 15 is 0 Å². The average Bonchev–Trinajstić information content (AvgIpc) is 3.98. The van der Waals surface area contributed by atoms with Crippen molar-refractivity contribution in [2.45, 2.75) is 62.2 Å². The molecule has 2 aliphatic heterocycles. The largest absolute Gasteiger partial charge is 0.497 e. The molecule has 0 saturated carbocycles. The molecule has 334 valence electrons. The van der Waals surface area contributed by atoms with Crippen molar-refractivity contribution in [2.24, 2.45) is 0 Å². The Morgan fingerprint density at radius 1 is 0.524 bits per heavy atom. The van der Waals surface area contributed by atoms with E-state index in [1.807, 2.05) is 83.6 Å². The van der Waals surface area contributed by atoms with Crippen LogP contribution in [0.2, 0.25) is 5.02 Å². The standard InChI is InChI=1S/C24H29N3O3S2.C23H26ClN3O2S2/c1-24(2,3)19-7-11-21(12-8-19)32(28,29)27-15-13-26(14-16-27)23-25-22(17-31-23)18-5-9-20(30-4)10-6-18;1-23(2,3)18-6-10-20(11-7-18)31(28,29)27-14-12-26(13-15-27)22-25-21(16-30-22)17-4-8-19(24)9-5-17/h5-12,17H,13-16H2,1-4H3;4-11,16H,12-15H2,1-3H3. The maximum Gasteiger partial charge on any atom is 0.243 e. The SMILES string of the molecule is CC(C)(C)c1ccc(S(=O)(=O)N2CCN(c3nc(-c4ccc(Cl)cc4)cs3)CC2)cc1.COc1ccc(-c2csc(N3CCN(S(=O)(=O)c4ccc(C(C)(C)C)cc4)CC3)n2)cc1. The van der Waals surface area contributed by atoms with Crippen LogP contribution < -0.4 is 14.5 Å². The molecule has 0 radical (unpaired) electrons. The third-order valence-electron chi connectivity index (χ3n) is 11.2. The van der Waals surface area contributed by atoms with Gasteiger partial charge in [-0.3, -0.25) is 0 Å². The van der Waals surface area contributed by atoms with Gasteiger partial charge in [-0.2, -0.15) is 8.61 Å². The molecule has 4 aromatic carbocycles. The fraction of sp³-hybridized carbons (Fsp3) is 0.362. The number of methoxy groups -OCH3 is 1. The molecule has 6 aromatic rings. The highest BCUT2D eigenvalue weighted by Crippen LogP contribution is 2.33. The summed E-state index contributed by atoms with van der Waals surface area (Å²) in [5, 5.41) is 6.60. The van der Waals surface area contributed by atoms with Gasteiger partial charge in [0, 0.05) is 79.3 Å². The molecular weight excluding hydrogens is 892 g/mol. The van der Waals surface area contributed by atoms with E-state index in [-0.39, 0.29) is 10.8 Å². The van der Waals surface area contributed by atoms with E-state index in [9.17, 15) is 16.8 Å². The van der Waals surface area contributed by atoms with Crippen LogP contribution in [-0.4, -0.2) is 94.9 Å². The molecule has 2 aliphatic rings. The molecule has 2 aromatic heterocycles. The van der Waals surface area contributed by atoms with E-state index in [2.05, 4.69) is 51.3 Å². The first kappa shape index (κ1) is 46.6. The van der Waals surface area contributed by atoms with Gasteiger partial charge in [0.1, 0.15) is 5.75 Å². The number of anilines is 2. The van der Waals surface area contributed by atoms with Gasteiger partial charge in [0.05, 0.1) is 28.3 Å². The highest BCUT2D eigenvalue weighted by molar-refractivity contribution is 7.89. The van der Waals surface area contributed by atoms with Crippen molar-refractivity contribution in [2.75, 3.05) is 69.3 Å². The number of halogens is 1. The van der Waals surface area contributed by atoms with Gasteiger partial charge in [-0.15, -0.1) is 22.7 Å². The van der Waals surface area contributed by atoms with Crippen LogP contribution in [0, 0.1) is 0 Å². The minimum Gasteiger partial charge on any atom is -0.497 e. The second-order valence-corrected chi connectivity index (χ2v) is 23.6. The average molecular weight is 948 g/mol. The zero-order valence-electron chi connectivity index (χ0n) is 36.8. The number of rotatable bonds is 9. The maximum absolute atomic E-state index is 13.1. The molecule has 8 rings (SSSR count). The van der Waals surface area contributed by atoms with Crippen LogP contribution in [-0.2, 0) is 30.9 Å². The van der Waals surface area contributed by atoms with E-state index in [4.69, 9.17) is 26.3 Å². The van der Waals surface area contributed by atoms with Crippen LogP contribution in [0.1, 0.15) is 52.7 Å². The summed E-state index contributed by atoms with van der Waals surface area (Å²) < 4.78 is 60.8. The molecule has 0 N–H and O–H groups in total. The van der Waals surface area contributed by atoms with E-state index in [0.29, 0.717) is 67.2 Å². The Morgan fingerprint density at radius 2 is 0.873 bits per heavy atom. The molecule has 2 saturated heterocycles. The second kappa shape index (κ2) is 19.0. The van der Waals surface area contributed by atoms with Crippen molar-refractivity contribution in [1.82, 2.24) is 18.6 Å². The van der Waals surface area contributed by atoms with Crippen LogP contribution in [0.5, 0.6) is 5.75 Å². The van der Waals surface area contributed by atoms with Gasteiger partial charge in [-0.05, 0) is 82.6 Å². The molecule has 4 heterocycles. The van der Waals surface area contributed by atoms with Gasteiger partial charge in [0.2, 0.25) is 20.0 Å². The third kappa shape index (κ3) is 11.0. The zero-order chi connectivity index (χ0) is 45.2. The number of sulfonamides is 2. The number of thiazole rings is 2. The van der Waals surface area contributed by atoms with Crippen LogP contribution in [0.3, 0.4) is 0 Å². The lowest BCUT2D eigenvalue weighted by molar-refractivity contribution is 0.384. The van der Waals surface area contributed by atoms with E-state index in [1.54, 1.807) is 62.7 Å². The first-order valence-corrected chi connectivity index (χ1v) is 25.9. The number of benzene rings is 4. The summed E-state index contributed by atoms with van der Waals surface area (Å²) in [4.78, 5) is 14.5. The number of aromatic nitrogens is 2. The van der Waals surface area contributed by atoms with Crippen molar-refractivity contribution < 1.29 is 21.6 Å². The molecule has 0 aliphatic carbocycles. The van der Waals surface area contributed by atoms with Crippen molar-refractivity contribution in [3.05, 3.63) is 124 Å². The van der Waals surface area contributed by atoms with Gasteiger partial charge in [0.15, 0.2) is 10.3 Å². The number of ether oxygens (including phenoxy) is 1. The summed E-state index contributed by atoms with van der Waals surface area (Å²) in [6, 6.07) is 30.0. The fourth-order valence-corrected chi connectivity index (χ4v) is 12.0. The highest BCUT2D eigenvalue weighted by atomic mass is 35.5. The summed E-state index contributed by atoms with van der Waals surface area (Å²) in [6.45, 7) is 17.0. The molecular formula is C47H55ClN6O5S4. The summed E-state index contributed by atoms with van der Waals surface area (Å²) in [5.74, 6) is 0.814. The topological polar surface area (TPSA) is 116 Å². The number of nitrogens with zero attached hydrogens (tertiary/aromatic N) is 6. The zero-order valence-corrected chi connectivity index (χ0v) is 40.8. The Balaban J connectivity index is 0.000000189. The Hall–Kier alpha value is -4.35. The fourth-order valence-electron chi connectivity index (χ4n) is 7.26. The Kier molecular flexibility index (Phi) is 14.1. The maximum atomic E-state index is 13.1. The lowest BCUT2D eigenvalue weighted by atomic mass is 9.87. The monoisotopic (exact) mass is 946 g/mol. The first-order valence-electron chi connectivity index (χ1n) is 20.9. The lowest BCUT2D eigenvalue weighted by Gasteiger charge is -2.33. The quantitative estimate of drug-likeness (QED) is 0.140. The van der Waals surface area contributed by atoms with Crippen molar-refractivity contribution in [3.63, 3.8) is 0 Å². The van der Waals surface area contributed by atoms with Crippen LogP contribution in [0.25, 0.3) is 22.5 Å². The number of hydrogen-bond donors (Lipinski definition) is 0. The Morgan fingerprint density at radius 3 is 1.21 bits per heavy atom. The van der Waals surface area contributed by atoms with Gasteiger partial charge < -0.3 is 14.5 Å². The minimum absolute atomic E-state index is 0.00745. The first-order chi connectivity index (χ1) is 29.8. The highest BCUT2D eigenvalue weighted by Gasteiger charge is 2.31. The van der Waals surface area contributed by atoms with Crippen LogP contribution in [0.15, 0.2) is 118 Å². The summed E-state index contributed by atoms with van der Waals surface area (Å²) in [7, 11) is -5.34. The van der Waals surface area contributed by atoms with Crippen molar-refractivity contribution in [3.8, 4) is 28.3 Å². The van der Waals surface area contributed by atoms with E-state index in [0.717, 1.165) is 49.7 Å². The number of hydrogen-bond acceptors (Lipinski definition) is 11. The molecule has 16 heteroatoms. The molecule has 11 nitrogen and oxygen atoms in total. The van der Waals surface area contributed by atoms with Crippen LogP contribution in [0.4, 0.5) is 10.3 Å². The molecule has 0 atom stereocenters. The molecule has 0 unspecified atom stereocenters. The molecule has 63 heavy (non-hydrogen) atoms. The molecule has 0 spiro atoms. The summed E-state index contributed by atoms with van der Waals surface area (Å²) >= 11 is 9.13. The van der Waals surface area contributed by atoms with E-state index in [1.165, 1.54) is 0 Å². The van der Waals surface area contributed by atoms with Crippen molar-refractivity contribution in [1.29, 1.82) is 0 Å².